The van der Waals surface area contributed by atoms with Crippen molar-refractivity contribution in [3.63, 3.8) is 0 Å². The SMILES string of the molecule is O=C1c2[nH]nc(-c3ccc(Cl)cc3)c2C(c2ccc(OCc3ccccc3)cc2)N1CCCN1CCOCC1. The molecule has 0 radical (unpaired) electrons. The van der Waals surface area contributed by atoms with Crippen LogP contribution in [0.4, 0.5) is 0 Å². The summed E-state index contributed by atoms with van der Waals surface area (Å²) in [5.74, 6) is 0.769. The van der Waals surface area contributed by atoms with E-state index in [0.29, 0.717) is 23.9 Å². The molecule has 3 heterocycles. The van der Waals surface area contributed by atoms with Crippen LogP contribution in [0.1, 0.15) is 39.6 Å². The van der Waals surface area contributed by atoms with Gasteiger partial charge in [0.15, 0.2) is 0 Å². The Morgan fingerprint density at radius 2 is 1.69 bits per heavy atom. The van der Waals surface area contributed by atoms with Crippen LogP contribution in [0.5, 0.6) is 5.75 Å². The molecule has 3 aromatic carbocycles. The maximum absolute atomic E-state index is 13.7. The molecule has 1 atom stereocenters. The second-order valence-corrected chi connectivity index (χ2v) is 10.4. The first-order chi connectivity index (χ1) is 19.2. The molecule has 200 valence electrons. The monoisotopic (exact) mass is 542 g/mol. The highest BCUT2D eigenvalue weighted by molar-refractivity contribution is 6.30. The van der Waals surface area contributed by atoms with Crippen molar-refractivity contribution in [3.8, 4) is 17.0 Å². The molecule has 0 spiro atoms. The minimum absolute atomic E-state index is 0.0194. The summed E-state index contributed by atoms with van der Waals surface area (Å²) in [6.07, 6.45) is 0.883. The first-order valence-corrected chi connectivity index (χ1v) is 13.8. The topological polar surface area (TPSA) is 70.7 Å². The molecule has 2 aliphatic rings. The Morgan fingerprint density at radius 3 is 2.44 bits per heavy atom. The van der Waals surface area contributed by atoms with Crippen molar-refractivity contribution < 1.29 is 14.3 Å². The molecule has 39 heavy (non-hydrogen) atoms. The normalized spacial score (nSPS) is 17.4. The minimum Gasteiger partial charge on any atom is -0.489 e. The zero-order chi connectivity index (χ0) is 26.6. The van der Waals surface area contributed by atoms with E-state index in [4.69, 9.17) is 21.1 Å². The zero-order valence-electron chi connectivity index (χ0n) is 21.7. The molecule has 1 unspecified atom stereocenters. The van der Waals surface area contributed by atoms with Crippen LogP contribution in [0.2, 0.25) is 5.02 Å². The molecule has 6 rings (SSSR count). The Morgan fingerprint density at radius 1 is 0.949 bits per heavy atom. The summed E-state index contributed by atoms with van der Waals surface area (Å²) in [6, 6.07) is 25.5. The van der Waals surface area contributed by atoms with Crippen molar-refractivity contribution in [2.75, 3.05) is 39.4 Å². The lowest BCUT2D eigenvalue weighted by molar-refractivity contribution is 0.0354. The first-order valence-electron chi connectivity index (χ1n) is 13.4. The number of nitrogens with one attached hydrogen (secondary N) is 1. The van der Waals surface area contributed by atoms with Crippen LogP contribution >= 0.6 is 11.6 Å². The van der Waals surface area contributed by atoms with Gasteiger partial charge in [0.2, 0.25) is 0 Å². The van der Waals surface area contributed by atoms with Gasteiger partial charge in [0.1, 0.15) is 18.1 Å². The van der Waals surface area contributed by atoms with Crippen molar-refractivity contribution in [2.45, 2.75) is 19.1 Å². The summed E-state index contributed by atoms with van der Waals surface area (Å²) in [7, 11) is 0. The smallest absolute Gasteiger partial charge is 0.273 e. The fraction of sp³-hybridized carbons (Fsp3) is 0.290. The number of H-pyrrole nitrogens is 1. The number of amides is 1. The Kier molecular flexibility index (Phi) is 7.63. The van der Waals surface area contributed by atoms with Gasteiger partial charge in [-0.15, -0.1) is 0 Å². The summed E-state index contributed by atoms with van der Waals surface area (Å²) in [5.41, 5.74) is 5.31. The standard InChI is InChI=1S/C31H31ClN4O3/c32-25-11-7-23(8-12-25)28-27-29(34-33-28)31(37)36(16-4-15-35-17-19-38-20-18-35)30(27)24-9-13-26(14-10-24)39-21-22-5-2-1-3-6-22/h1-3,5-14,30H,4,15-21H2,(H,33,34). The molecule has 1 fully saturated rings. The van der Waals surface area contributed by atoms with Gasteiger partial charge < -0.3 is 14.4 Å². The number of ether oxygens (including phenoxy) is 2. The van der Waals surface area contributed by atoms with Gasteiger partial charge in [0.05, 0.1) is 24.9 Å². The van der Waals surface area contributed by atoms with Crippen LogP contribution in [0.15, 0.2) is 78.9 Å². The lowest BCUT2D eigenvalue weighted by Gasteiger charge is -2.29. The number of halogens is 1. The van der Waals surface area contributed by atoms with Gasteiger partial charge in [0.25, 0.3) is 5.91 Å². The zero-order valence-corrected chi connectivity index (χ0v) is 22.4. The van der Waals surface area contributed by atoms with Crippen LogP contribution in [0.3, 0.4) is 0 Å². The summed E-state index contributed by atoms with van der Waals surface area (Å²) in [5, 5.41) is 8.27. The van der Waals surface area contributed by atoms with E-state index in [2.05, 4.69) is 27.2 Å². The number of rotatable bonds is 9. The average molecular weight is 543 g/mol. The third-order valence-corrected chi connectivity index (χ3v) is 7.65. The Labute approximate surface area is 233 Å². The second kappa shape index (κ2) is 11.6. The number of fused-ring (bicyclic) bond motifs is 1. The maximum atomic E-state index is 13.7. The number of aromatic nitrogens is 2. The van der Waals surface area contributed by atoms with Gasteiger partial charge in [-0.1, -0.05) is 66.2 Å². The van der Waals surface area contributed by atoms with E-state index in [1.54, 1.807) is 0 Å². The van der Waals surface area contributed by atoms with Crippen LogP contribution in [0, 0.1) is 0 Å². The van der Waals surface area contributed by atoms with Crippen molar-refractivity contribution in [2.24, 2.45) is 0 Å². The third kappa shape index (κ3) is 5.57. The number of aromatic amines is 1. The van der Waals surface area contributed by atoms with Gasteiger partial charge in [-0.2, -0.15) is 5.10 Å². The molecular weight excluding hydrogens is 512 g/mol. The van der Waals surface area contributed by atoms with Gasteiger partial charge >= 0.3 is 0 Å². The van der Waals surface area contributed by atoms with Crippen LogP contribution in [-0.4, -0.2) is 65.3 Å². The molecule has 8 heteroatoms. The summed E-state index contributed by atoms with van der Waals surface area (Å²) >= 11 is 6.15. The van der Waals surface area contributed by atoms with E-state index in [-0.39, 0.29) is 11.9 Å². The van der Waals surface area contributed by atoms with Crippen LogP contribution in [0.25, 0.3) is 11.3 Å². The first kappa shape index (κ1) is 25.6. The Bertz CT molecular complexity index is 1400. The Hall–Kier alpha value is -3.65. The molecule has 0 saturated carbocycles. The lowest BCUT2D eigenvalue weighted by atomic mass is 9.96. The third-order valence-electron chi connectivity index (χ3n) is 7.40. The van der Waals surface area contributed by atoms with E-state index in [1.165, 1.54) is 0 Å². The number of benzene rings is 3. The quantitative estimate of drug-likeness (QED) is 0.299. The van der Waals surface area contributed by atoms with E-state index >= 15 is 0 Å². The van der Waals surface area contributed by atoms with E-state index < -0.39 is 0 Å². The highest BCUT2D eigenvalue weighted by Gasteiger charge is 2.42. The fourth-order valence-electron chi connectivity index (χ4n) is 5.38. The van der Waals surface area contributed by atoms with Crippen LogP contribution < -0.4 is 4.74 Å². The number of morpholine rings is 1. The minimum atomic E-state index is -0.246. The average Bonchev–Trinajstić information content (AvgIpc) is 3.53. The second-order valence-electron chi connectivity index (χ2n) is 9.92. The molecule has 4 aromatic rings. The summed E-state index contributed by atoms with van der Waals surface area (Å²) in [6.45, 7) is 5.49. The van der Waals surface area contributed by atoms with Crippen molar-refractivity contribution in [1.82, 2.24) is 20.0 Å². The molecule has 1 aromatic heterocycles. The Balaban J connectivity index is 1.27. The fourth-order valence-corrected chi connectivity index (χ4v) is 5.50. The highest BCUT2D eigenvalue weighted by atomic mass is 35.5. The molecule has 1 saturated heterocycles. The molecule has 1 N–H and O–H groups in total. The highest BCUT2D eigenvalue weighted by Crippen LogP contribution is 2.43. The number of carbonyl (C=O) groups is 1. The summed E-state index contributed by atoms with van der Waals surface area (Å²) in [4.78, 5) is 18.0. The van der Waals surface area contributed by atoms with Crippen molar-refractivity contribution >= 4 is 17.5 Å². The molecule has 1 amide bonds. The molecule has 2 aliphatic heterocycles. The largest absolute Gasteiger partial charge is 0.489 e. The number of hydrogen-bond acceptors (Lipinski definition) is 5. The molecule has 0 bridgehead atoms. The van der Waals surface area contributed by atoms with E-state index in [0.717, 1.165) is 73.0 Å². The maximum Gasteiger partial charge on any atom is 0.273 e. The summed E-state index contributed by atoms with van der Waals surface area (Å²) < 4.78 is 11.5. The van der Waals surface area contributed by atoms with Crippen molar-refractivity contribution in [3.05, 3.63) is 106 Å². The lowest BCUT2D eigenvalue weighted by Crippen LogP contribution is -2.38. The number of carbonyl (C=O) groups excluding carboxylic acids is 1. The van der Waals surface area contributed by atoms with E-state index in [9.17, 15) is 4.79 Å². The molecule has 7 nitrogen and oxygen atoms in total. The predicted octanol–water partition coefficient (Wildman–Crippen LogP) is 5.58. The van der Waals surface area contributed by atoms with Gasteiger partial charge in [-0.25, -0.2) is 0 Å². The predicted molar refractivity (Wildman–Crippen MR) is 151 cm³/mol. The van der Waals surface area contributed by atoms with E-state index in [1.807, 2.05) is 71.6 Å². The van der Waals surface area contributed by atoms with Gasteiger partial charge in [-0.05, 0) is 41.8 Å². The number of nitrogens with zero attached hydrogens (tertiary/aromatic N) is 3. The van der Waals surface area contributed by atoms with Crippen molar-refractivity contribution in [1.29, 1.82) is 0 Å². The van der Waals surface area contributed by atoms with Gasteiger partial charge in [0, 0.05) is 42.3 Å². The molecule has 0 aliphatic carbocycles. The molecular formula is C31H31ClN4O3. The number of hydrogen-bond donors (Lipinski definition) is 1. The van der Waals surface area contributed by atoms with Crippen LogP contribution in [-0.2, 0) is 11.3 Å². The van der Waals surface area contributed by atoms with Gasteiger partial charge in [-0.3, -0.25) is 14.8 Å².